The van der Waals surface area contributed by atoms with Crippen LogP contribution >= 0.6 is 0 Å². The van der Waals surface area contributed by atoms with Gasteiger partial charge in [-0.3, -0.25) is 4.90 Å². The van der Waals surface area contributed by atoms with E-state index in [0.29, 0.717) is 0 Å². The Morgan fingerprint density at radius 3 is 2.00 bits per heavy atom. The van der Waals surface area contributed by atoms with Crippen molar-refractivity contribution in [1.29, 1.82) is 0 Å². The highest BCUT2D eigenvalue weighted by Gasteiger charge is 2.32. The Morgan fingerprint density at radius 1 is 1.10 bits per heavy atom. The van der Waals surface area contributed by atoms with E-state index < -0.39 is 18.8 Å². The van der Waals surface area contributed by atoms with Crippen LogP contribution in [0.3, 0.4) is 0 Å². The van der Waals surface area contributed by atoms with Gasteiger partial charge in [-0.1, -0.05) is 29.3 Å². The summed E-state index contributed by atoms with van der Waals surface area (Å²) in [5.74, 6) is 0. The van der Waals surface area contributed by atoms with Gasteiger partial charge in [-0.2, -0.15) is 13.2 Å². The summed E-state index contributed by atoms with van der Waals surface area (Å²) in [5.41, 5.74) is 9.11. The molecule has 0 heterocycles. The minimum atomic E-state index is -4.20. The van der Waals surface area contributed by atoms with Gasteiger partial charge in [0.05, 0.1) is 6.54 Å². The fourth-order valence-corrected chi connectivity index (χ4v) is 2.27. The van der Waals surface area contributed by atoms with Gasteiger partial charge in [0.1, 0.15) is 0 Å². The van der Waals surface area contributed by atoms with Crippen molar-refractivity contribution in [3.05, 3.63) is 34.9 Å². The van der Waals surface area contributed by atoms with Crippen LogP contribution in [-0.2, 0) is 0 Å². The molecule has 0 bridgehead atoms. The normalized spacial score (nSPS) is 14.1. The third-order valence-electron chi connectivity index (χ3n) is 3.22. The van der Waals surface area contributed by atoms with Crippen molar-refractivity contribution >= 4 is 0 Å². The Morgan fingerprint density at radius 2 is 1.60 bits per heavy atom. The molecule has 0 aliphatic rings. The van der Waals surface area contributed by atoms with Gasteiger partial charge in [-0.15, -0.1) is 0 Å². The maximum absolute atomic E-state index is 12.6. The van der Waals surface area contributed by atoms with E-state index in [2.05, 4.69) is 0 Å². The molecule has 20 heavy (non-hydrogen) atoms. The molecular formula is C15H23F3N2. The molecule has 0 saturated heterocycles. The third kappa shape index (κ3) is 5.51. The van der Waals surface area contributed by atoms with Crippen molar-refractivity contribution in [2.75, 3.05) is 13.1 Å². The monoisotopic (exact) mass is 288 g/mol. The highest BCUT2D eigenvalue weighted by atomic mass is 19.4. The topological polar surface area (TPSA) is 29.3 Å². The molecule has 1 atom stereocenters. The molecule has 0 spiro atoms. The van der Waals surface area contributed by atoms with E-state index in [1.807, 2.05) is 32.0 Å². The van der Waals surface area contributed by atoms with E-state index >= 15 is 0 Å². The van der Waals surface area contributed by atoms with E-state index in [-0.39, 0.29) is 12.6 Å². The Kier molecular flexibility index (Phi) is 5.59. The Labute approximate surface area is 118 Å². The second kappa shape index (κ2) is 6.59. The first-order valence-electron chi connectivity index (χ1n) is 6.73. The minimum absolute atomic E-state index is 0.195. The number of halogens is 3. The van der Waals surface area contributed by atoms with Crippen molar-refractivity contribution in [1.82, 2.24) is 4.90 Å². The van der Waals surface area contributed by atoms with Crippen LogP contribution in [0, 0.1) is 13.8 Å². The van der Waals surface area contributed by atoms with Crippen LogP contribution < -0.4 is 5.73 Å². The zero-order valence-electron chi connectivity index (χ0n) is 12.5. The van der Waals surface area contributed by atoms with Crippen LogP contribution in [0.4, 0.5) is 13.2 Å². The maximum Gasteiger partial charge on any atom is 0.401 e. The van der Waals surface area contributed by atoms with Crippen LogP contribution in [0.15, 0.2) is 18.2 Å². The summed E-state index contributed by atoms with van der Waals surface area (Å²) in [5, 5.41) is 0. The summed E-state index contributed by atoms with van der Waals surface area (Å²) < 4.78 is 37.7. The molecule has 114 valence electrons. The van der Waals surface area contributed by atoms with Gasteiger partial charge < -0.3 is 5.73 Å². The zero-order chi connectivity index (χ0) is 15.5. The van der Waals surface area contributed by atoms with E-state index in [1.54, 1.807) is 13.8 Å². The summed E-state index contributed by atoms with van der Waals surface area (Å²) in [6.45, 7) is 6.68. The van der Waals surface area contributed by atoms with E-state index in [0.717, 1.165) is 16.7 Å². The number of hydrogen-bond donors (Lipinski definition) is 1. The number of benzene rings is 1. The van der Waals surface area contributed by atoms with Gasteiger partial charge in [0.25, 0.3) is 0 Å². The SMILES string of the molecule is Cc1cc(C)cc(C(N)CN(CC(F)(F)F)C(C)C)c1. The molecule has 1 aromatic carbocycles. The first-order chi connectivity index (χ1) is 9.08. The summed E-state index contributed by atoms with van der Waals surface area (Å²) in [4.78, 5) is 1.36. The second-order valence-electron chi connectivity index (χ2n) is 5.67. The summed E-state index contributed by atoms with van der Waals surface area (Å²) >= 11 is 0. The van der Waals surface area contributed by atoms with Crippen molar-refractivity contribution in [3.8, 4) is 0 Å². The van der Waals surface area contributed by atoms with Crippen molar-refractivity contribution in [2.24, 2.45) is 5.73 Å². The first kappa shape index (κ1) is 17.0. The Balaban J connectivity index is 2.82. The molecule has 0 aliphatic heterocycles. The average Bonchev–Trinajstić information content (AvgIpc) is 2.24. The third-order valence-corrected chi connectivity index (χ3v) is 3.22. The highest BCUT2D eigenvalue weighted by molar-refractivity contribution is 5.30. The minimum Gasteiger partial charge on any atom is -0.323 e. The number of rotatable bonds is 5. The van der Waals surface area contributed by atoms with Gasteiger partial charge in [0.15, 0.2) is 0 Å². The summed E-state index contributed by atoms with van der Waals surface area (Å²) in [6, 6.07) is 5.27. The second-order valence-corrected chi connectivity index (χ2v) is 5.67. The Bertz CT molecular complexity index is 421. The lowest BCUT2D eigenvalue weighted by molar-refractivity contribution is -0.150. The molecule has 1 unspecified atom stereocenters. The largest absolute Gasteiger partial charge is 0.401 e. The van der Waals surface area contributed by atoms with Gasteiger partial charge in [-0.25, -0.2) is 0 Å². The zero-order valence-corrected chi connectivity index (χ0v) is 12.5. The molecule has 0 fully saturated rings. The number of nitrogens with two attached hydrogens (primary N) is 1. The molecule has 0 aliphatic carbocycles. The number of nitrogens with zero attached hydrogens (tertiary/aromatic N) is 1. The molecular weight excluding hydrogens is 265 g/mol. The molecule has 1 rings (SSSR count). The van der Waals surface area contributed by atoms with Crippen LogP contribution in [0.25, 0.3) is 0 Å². The van der Waals surface area contributed by atoms with Crippen molar-refractivity contribution in [2.45, 2.75) is 46.0 Å². The van der Waals surface area contributed by atoms with Crippen molar-refractivity contribution in [3.63, 3.8) is 0 Å². The quantitative estimate of drug-likeness (QED) is 0.897. The molecule has 0 saturated carbocycles. The predicted molar refractivity (Wildman–Crippen MR) is 75.6 cm³/mol. The standard InChI is InChI=1S/C15H23F3N2/c1-10(2)20(9-15(16,17)18)8-14(19)13-6-11(3)5-12(4)7-13/h5-7,10,14H,8-9,19H2,1-4H3. The fourth-order valence-electron chi connectivity index (χ4n) is 2.27. The van der Waals surface area contributed by atoms with Crippen LogP contribution in [0.2, 0.25) is 0 Å². The molecule has 0 radical (unpaired) electrons. The van der Waals surface area contributed by atoms with E-state index in [4.69, 9.17) is 5.73 Å². The molecule has 2 N–H and O–H groups in total. The molecule has 5 heteroatoms. The first-order valence-corrected chi connectivity index (χ1v) is 6.73. The molecule has 0 aromatic heterocycles. The van der Waals surface area contributed by atoms with Crippen LogP contribution in [0.1, 0.15) is 36.6 Å². The summed E-state index contributed by atoms with van der Waals surface area (Å²) in [6.07, 6.45) is -4.20. The lowest BCUT2D eigenvalue weighted by Gasteiger charge is -2.30. The highest BCUT2D eigenvalue weighted by Crippen LogP contribution is 2.21. The maximum atomic E-state index is 12.6. The van der Waals surface area contributed by atoms with E-state index in [1.165, 1.54) is 4.90 Å². The fraction of sp³-hybridized carbons (Fsp3) is 0.600. The smallest absolute Gasteiger partial charge is 0.323 e. The molecule has 1 aromatic rings. The average molecular weight is 288 g/mol. The Hall–Kier alpha value is -1.07. The van der Waals surface area contributed by atoms with Crippen molar-refractivity contribution < 1.29 is 13.2 Å². The van der Waals surface area contributed by atoms with Crippen LogP contribution in [0.5, 0.6) is 0 Å². The molecule has 2 nitrogen and oxygen atoms in total. The lowest BCUT2D eigenvalue weighted by atomic mass is 10.0. The van der Waals surface area contributed by atoms with Gasteiger partial charge in [0, 0.05) is 18.6 Å². The summed E-state index contributed by atoms with van der Waals surface area (Å²) in [7, 11) is 0. The lowest BCUT2D eigenvalue weighted by Crippen LogP contribution is -2.42. The number of alkyl halides is 3. The van der Waals surface area contributed by atoms with Gasteiger partial charge in [-0.05, 0) is 33.3 Å². The number of aryl methyl sites for hydroxylation is 2. The van der Waals surface area contributed by atoms with E-state index in [9.17, 15) is 13.2 Å². The molecule has 0 amide bonds. The van der Waals surface area contributed by atoms with Gasteiger partial charge >= 0.3 is 6.18 Å². The van der Waals surface area contributed by atoms with Crippen LogP contribution in [-0.4, -0.2) is 30.2 Å². The van der Waals surface area contributed by atoms with Gasteiger partial charge in [0.2, 0.25) is 0 Å². The number of hydrogen-bond acceptors (Lipinski definition) is 2. The predicted octanol–water partition coefficient (Wildman–Crippen LogP) is 3.58.